The monoisotopic (exact) mass is 273 g/mol. The summed E-state index contributed by atoms with van der Waals surface area (Å²) in [6.07, 6.45) is 1.31. The SMILES string of the molecule is CC1CC1NCc1ccc(Cl)cc1Br. The molecule has 76 valence electrons. The highest BCUT2D eigenvalue weighted by Crippen LogP contribution is 2.30. The molecule has 0 heterocycles. The van der Waals surface area contributed by atoms with Crippen LogP contribution in [0, 0.1) is 5.92 Å². The summed E-state index contributed by atoms with van der Waals surface area (Å²) in [7, 11) is 0. The van der Waals surface area contributed by atoms with E-state index in [1.165, 1.54) is 12.0 Å². The Morgan fingerprint density at radius 1 is 1.57 bits per heavy atom. The van der Waals surface area contributed by atoms with Crippen molar-refractivity contribution in [2.24, 2.45) is 5.92 Å². The lowest BCUT2D eigenvalue weighted by atomic mass is 10.2. The fourth-order valence-corrected chi connectivity index (χ4v) is 2.34. The third kappa shape index (κ3) is 2.50. The molecule has 14 heavy (non-hydrogen) atoms. The molecular weight excluding hydrogens is 261 g/mol. The van der Waals surface area contributed by atoms with Gasteiger partial charge >= 0.3 is 0 Å². The number of hydrogen-bond donors (Lipinski definition) is 1. The van der Waals surface area contributed by atoms with Crippen molar-refractivity contribution in [3.8, 4) is 0 Å². The molecule has 1 fully saturated rings. The van der Waals surface area contributed by atoms with Crippen LogP contribution >= 0.6 is 27.5 Å². The topological polar surface area (TPSA) is 12.0 Å². The van der Waals surface area contributed by atoms with Gasteiger partial charge in [0.2, 0.25) is 0 Å². The van der Waals surface area contributed by atoms with Gasteiger partial charge < -0.3 is 5.32 Å². The number of hydrogen-bond acceptors (Lipinski definition) is 1. The van der Waals surface area contributed by atoms with Crippen molar-refractivity contribution >= 4 is 27.5 Å². The fraction of sp³-hybridized carbons (Fsp3) is 0.455. The zero-order valence-electron chi connectivity index (χ0n) is 8.06. The molecule has 1 aromatic rings. The van der Waals surface area contributed by atoms with E-state index in [9.17, 15) is 0 Å². The van der Waals surface area contributed by atoms with Crippen LogP contribution in [0.4, 0.5) is 0 Å². The van der Waals surface area contributed by atoms with Crippen molar-refractivity contribution in [2.45, 2.75) is 25.9 Å². The van der Waals surface area contributed by atoms with E-state index < -0.39 is 0 Å². The normalized spacial score (nSPS) is 25.1. The predicted molar refractivity (Wildman–Crippen MR) is 63.6 cm³/mol. The third-order valence-corrected chi connectivity index (χ3v) is 3.65. The summed E-state index contributed by atoms with van der Waals surface area (Å²) >= 11 is 9.37. The van der Waals surface area contributed by atoms with Gasteiger partial charge in [0.1, 0.15) is 0 Å². The fourth-order valence-electron chi connectivity index (χ4n) is 1.51. The van der Waals surface area contributed by atoms with Crippen LogP contribution in [0.2, 0.25) is 5.02 Å². The van der Waals surface area contributed by atoms with Crippen LogP contribution in [-0.2, 0) is 6.54 Å². The van der Waals surface area contributed by atoms with E-state index in [4.69, 9.17) is 11.6 Å². The minimum atomic E-state index is 0.720. The van der Waals surface area contributed by atoms with Crippen LogP contribution in [0.3, 0.4) is 0 Å². The average molecular weight is 275 g/mol. The van der Waals surface area contributed by atoms with Crippen molar-refractivity contribution in [2.75, 3.05) is 0 Å². The molecule has 0 bridgehead atoms. The van der Waals surface area contributed by atoms with Crippen LogP contribution in [0.5, 0.6) is 0 Å². The zero-order chi connectivity index (χ0) is 10.1. The van der Waals surface area contributed by atoms with Crippen molar-refractivity contribution in [3.63, 3.8) is 0 Å². The lowest BCUT2D eigenvalue weighted by molar-refractivity contribution is 0.651. The first-order valence-electron chi connectivity index (χ1n) is 4.84. The second-order valence-electron chi connectivity index (χ2n) is 3.94. The van der Waals surface area contributed by atoms with Crippen molar-refractivity contribution < 1.29 is 0 Å². The van der Waals surface area contributed by atoms with Gasteiger partial charge in [0.15, 0.2) is 0 Å². The molecule has 1 aliphatic rings. The summed E-state index contributed by atoms with van der Waals surface area (Å²) in [5.41, 5.74) is 1.27. The van der Waals surface area contributed by atoms with E-state index in [-0.39, 0.29) is 0 Å². The largest absolute Gasteiger partial charge is 0.310 e. The van der Waals surface area contributed by atoms with Gasteiger partial charge in [-0.2, -0.15) is 0 Å². The zero-order valence-corrected chi connectivity index (χ0v) is 10.4. The molecule has 0 spiro atoms. The number of nitrogens with one attached hydrogen (secondary N) is 1. The van der Waals surface area contributed by atoms with Crippen LogP contribution in [0.15, 0.2) is 22.7 Å². The van der Waals surface area contributed by atoms with E-state index in [0.29, 0.717) is 0 Å². The van der Waals surface area contributed by atoms with E-state index in [1.807, 2.05) is 12.1 Å². The Hall–Kier alpha value is -0.0500. The maximum absolute atomic E-state index is 5.86. The van der Waals surface area contributed by atoms with Crippen molar-refractivity contribution in [1.82, 2.24) is 5.32 Å². The average Bonchev–Trinajstić information content (AvgIpc) is 2.80. The lowest BCUT2D eigenvalue weighted by Crippen LogP contribution is -2.17. The molecular formula is C11H13BrClN. The molecule has 1 aliphatic carbocycles. The van der Waals surface area contributed by atoms with Gasteiger partial charge in [-0.15, -0.1) is 0 Å². The van der Waals surface area contributed by atoms with Crippen LogP contribution < -0.4 is 5.32 Å². The molecule has 1 saturated carbocycles. The molecule has 0 aromatic heterocycles. The number of benzene rings is 1. The first-order chi connectivity index (χ1) is 6.66. The van der Waals surface area contributed by atoms with Gasteiger partial charge in [0.05, 0.1) is 0 Å². The first-order valence-corrected chi connectivity index (χ1v) is 6.01. The van der Waals surface area contributed by atoms with Gasteiger partial charge in [-0.25, -0.2) is 0 Å². The van der Waals surface area contributed by atoms with Crippen LogP contribution in [-0.4, -0.2) is 6.04 Å². The minimum Gasteiger partial charge on any atom is -0.310 e. The predicted octanol–water partition coefficient (Wildman–Crippen LogP) is 3.60. The Kier molecular flexibility index (Phi) is 3.15. The lowest BCUT2D eigenvalue weighted by Gasteiger charge is -2.06. The van der Waals surface area contributed by atoms with Gasteiger partial charge in [-0.1, -0.05) is 40.5 Å². The molecule has 2 atom stereocenters. The Morgan fingerprint density at radius 3 is 2.86 bits per heavy atom. The van der Waals surface area contributed by atoms with Gasteiger partial charge in [-0.05, 0) is 30.0 Å². The Bertz CT molecular complexity index is 340. The second kappa shape index (κ2) is 4.21. The highest BCUT2D eigenvalue weighted by Gasteiger charge is 2.31. The third-order valence-electron chi connectivity index (χ3n) is 2.68. The molecule has 0 aliphatic heterocycles. The van der Waals surface area contributed by atoms with E-state index in [2.05, 4.69) is 34.2 Å². The van der Waals surface area contributed by atoms with E-state index in [1.54, 1.807) is 0 Å². The summed E-state index contributed by atoms with van der Waals surface area (Å²) < 4.78 is 1.09. The van der Waals surface area contributed by atoms with Gasteiger partial charge in [-0.3, -0.25) is 0 Å². The molecule has 2 unspecified atom stereocenters. The number of halogens is 2. The summed E-state index contributed by atoms with van der Waals surface area (Å²) in [5.74, 6) is 0.848. The molecule has 1 nitrogen and oxygen atoms in total. The molecule has 3 heteroatoms. The molecule has 1 N–H and O–H groups in total. The second-order valence-corrected chi connectivity index (χ2v) is 5.23. The van der Waals surface area contributed by atoms with E-state index >= 15 is 0 Å². The van der Waals surface area contributed by atoms with Crippen molar-refractivity contribution in [1.29, 1.82) is 0 Å². The molecule has 2 rings (SSSR count). The summed E-state index contributed by atoms with van der Waals surface area (Å²) in [5, 5.41) is 4.29. The van der Waals surface area contributed by atoms with E-state index in [0.717, 1.165) is 28.0 Å². The molecule has 0 amide bonds. The smallest absolute Gasteiger partial charge is 0.0417 e. The summed E-state index contributed by atoms with van der Waals surface area (Å²) in [6.45, 7) is 3.20. The Balaban J connectivity index is 1.95. The summed E-state index contributed by atoms with van der Waals surface area (Å²) in [4.78, 5) is 0. The minimum absolute atomic E-state index is 0.720. The highest BCUT2D eigenvalue weighted by atomic mass is 79.9. The van der Waals surface area contributed by atoms with Gasteiger partial charge in [0, 0.05) is 22.1 Å². The molecule has 0 radical (unpaired) electrons. The van der Waals surface area contributed by atoms with Gasteiger partial charge in [0.25, 0.3) is 0 Å². The Morgan fingerprint density at radius 2 is 2.29 bits per heavy atom. The first kappa shape index (κ1) is 10.5. The Labute approximate surface area is 98.0 Å². The maximum Gasteiger partial charge on any atom is 0.0417 e. The summed E-state index contributed by atoms with van der Waals surface area (Å²) in [6, 6.07) is 6.65. The molecule has 1 aromatic carbocycles. The van der Waals surface area contributed by atoms with Crippen molar-refractivity contribution in [3.05, 3.63) is 33.3 Å². The quantitative estimate of drug-likeness (QED) is 0.888. The maximum atomic E-state index is 5.86. The number of rotatable bonds is 3. The van der Waals surface area contributed by atoms with Crippen LogP contribution in [0.1, 0.15) is 18.9 Å². The van der Waals surface area contributed by atoms with Crippen LogP contribution in [0.25, 0.3) is 0 Å². The standard InChI is InChI=1S/C11H13BrClN/c1-7-4-11(7)14-6-8-2-3-9(13)5-10(8)12/h2-3,5,7,11,14H,4,6H2,1H3. The molecule has 0 saturated heterocycles. The highest BCUT2D eigenvalue weighted by molar-refractivity contribution is 9.10.